The molecule has 0 aromatic heterocycles. The lowest BCUT2D eigenvalue weighted by Crippen LogP contribution is -2.36. The first-order valence-corrected chi connectivity index (χ1v) is 12.1. The van der Waals surface area contributed by atoms with E-state index in [1.165, 1.54) is 49.7 Å². The van der Waals surface area contributed by atoms with E-state index in [1.54, 1.807) is 5.57 Å². The predicted octanol–water partition coefficient (Wildman–Crippen LogP) is 6.73. The molecule has 0 amide bonds. The van der Waals surface area contributed by atoms with Gasteiger partial charge in [0.1, 0.15) is 0 Å². The highest BCUT2D eigenvalue weighted by molar-refractivity contribution is 5.36. The molecule has 3 aliphatic carbocycles. The molecule has 3 saturated carbocycles. The standard InChI is InChI=1S/C27H44O2/c1-19-10-13-23(28)18-22(19)12-11-21-9-7-17-27(5)24(14-15-25(21)27)20(2)8-6-16-26(3,4)29/h11-12,20,23-25,28-29H,1,6-10,13-18H2,2-5H3/b21-11+,22-12-/t20-,23+,24?,25?,27-/m1/s1/i3+1,4+1,6+1,16+1,26+1. The van der Waals surface area contributed by atoms with Crippen molar-refractivity contribution in [2.24, 2.45) is 23.2 Å². The van der Waals surface area contributed by atoms with Gasteiger partial charge < -0.3 is 10.2 Å². The molecule has 0 aromatic rings. The summed E-state index contributed by atoms with van der Waals surface area (Å²) in [6.45, 7) is 13.1. The van der Waals surface area contributed by atoms with E-state index in [0.717, 1.165) is 49.9 Å². The van der Waals surface area contributed by atoms with E-state index in [0.29, 0.717) is 5.41 Å². The van der Waals surface area contributed by atoms with Crippen molar-refractivity contribution >= 4 is 0 Å². The summed E-state index contributed by atoms with van der Waals surface area (Å²) < 4.78 is 0. The molecular weight excluding hydrogens is 361 g/mol. The van der Waals surface area contributed by atoms with Crippen LogP contribution in [0, 0.1) is 23.2 Å². The average Bonchev–Trinajstić information content (AvgIpc) is 2.99. The topological polar surface area (TPSA) is 40.5 Å². The Morgan fingerprint density at radius 3 is 2.69 bits per heavy atom. The monoisotopic (exact) mass is 405 g/mol. The van der Waals surface area contributed by atoms with E-state index in [1.807, 2.05) is 13.8 Å². The summed E-state index contributed by atoms with van der Waals surface area (Å²) in [5.74, 6) is 2.26. The van der Waals surface area contributed by atoms with Crippen LogP contribution in [0.3, 0.4) is 0 Å². The molecule has 29 heavy (non-hydrogen) atoms. The van der Waals surface area contributed by atoms with E-state index >= 15 is 0 Å². The largest absolute Gasteiger partial charge is 0.393 e. The van der Waals surface area contributed by atoms with Crippen molar-refractivity contribution in [1.82, 2.24) is 0 Å². The molecule has 0 radical (unpaired) electrons. The lowest BCUT2D eigenvalue weighted by atomic mass is 9.61. The Hall–Kier alpha value is -0.860. The highest BCUT2D eigenvalue weighted by atomic mass is 16.4. The third-order valence-corrected chi connectivity index (χ3v) is 8.36. The van der Waals surface area contributed by atoms with Gasteiger partial charge in [-0.25, -0.2) is 0 Å². The van der Waals surface area contributed by atoms with Crippen LogP contribution < -0.4 is 0 Å². The van der Waals surface area contributed by atoms with Crippen LogP contribution in [-0.4, -0.2) is 21.9 Å². The van der Waals surface area contributed by atoms with Gasteiger partial charge in [-0.1, -0.05) is 56.6 Å². The highest BCUT2D eigenvalue weighted by Gasteiger charge is 2.50. The fourth-order valence-corrected chi connectivity index (χ4v) is 6.67. The lowest BCUT2D eigenvalue weighted by Gasteiger charge is -2.44. The van der Waals surface area contributed by atoms with Crippen LogP contribution in [0.15, 0.2) is 35.5 Å². The van der Waals surface area contributed by atoms with E-state index < -0.39 is 5.60 Å². The Labute approximate surface area is 179 Å². The first kappa shape index (κ1) is 22.8. The van der Waals surface area contributed by atoms with Crippen molar-refractivity contribution in [1.29, 1.82) is 0 Å². The van der Waals surface area contributed by atoms with Gasteiger partial charge in [0, 0.05) is 0 Å². The van der Waals surface area contributed by atoms with Crippen LogP contribution in [0.4, 0.5) is 0 Å². The summed E-state index contributed by atoms with van der Waals surface area (Å²) in [5.41, 5.74) is 4.02. The van der Waals surface area contributed by atoms with Crippen LogP contribution in [0.1, 0.15) is 98.3 Å². The first-order valence-electron chi connectivity index (χ1n) is 12.1. The van der Waals surface area contributed by atoms with E-state index in [4.69, 9.17) is 0 Å². The second kappa shape index (κ2) is 9.10. The number of hydrogen-bond donors (Lipinski definition) is 2. The van der Waals surface area contributed by atoms with E-state index in [-0.39, 0.29) is 6.10 Å². The zero-order chi connectivity index (χ0) is 21.2. The van der Waals surface area contributed by atoms with Gasteiger partial charge in [-0.3, -0.25) is 0 Å². The summed E-state index contributed by atoms with van der Waals surface area (Å²) in [5, 5.41) is 20.1. The van der Waals surface area contributed by atoms with Gasteiger partial charge in [0.05, 0.1) is 11.7 Å². The van der Waals surface area contributed by atoms with Gasteiger partial charge in [0.2, 0.25) is 0 Å². The maximum Gasteiger partial charge on any atom is 0.0591 e. The van der Waals surface area contributed by atoms with Gasteiger partial charge in [0.15, 0.2) is 0 Å². The number of aliphatic hydroxyl groups is 2. The molecule has 0 aromatic carbocycles. The van der Waals surface area contributed by atoms with Crippen molar-refractivity contribution in [3.8, 4) is 0 Å². The number of aliphatic hydroxyl groups excluding tert-OH is 1. The van der Waals surface area contributed by atoms with Crippen molar-refractivity contribution < 1.29 is 10.2 Å². The summed E-state index contributed by atoms with van der Waals surface area (Å²) in [7, 11) is 0. The molecule has 0 bridgehead atoms. The molecule has 0 spiro atoms. The van der Waals surface area contributed by atoms with Gasteiger partial charge in [-0.15, -0.1) is 0 Å². The number of rotatable bonds is 6. The summed E-state index contributed by atoms with van der Waals surface area (Å²) in [6.07, 6.45) is 16.9. The zero-order valence-electron chi connectivity index (χ0n) is 19.3. The Kier molecular flexibility index (Phi) is 7.16. The average molecular weight is 406 g/mol. The molecular formula is C27H44O2. The van der Waals surface area contributed by atoms with Gasteiger partial charge >= 0.3 is 0 Å². The number of hydrogen-bond acceptors (Lipinski definition) is 2. The van der Waals surface area contributed by atoms with Crippen LogP contribution in [0.25, 0.3) is 0 Å². The van der Waals surface area contributed by atoms with E-state index in [9.17, 15) is 10.2 Å². The fraction of sp³-hybridized carbons (Fsp3) is 0.778. The Morgan fingerprint density at radius 1 is 1.21 bits per heavy atom. The second-order valence-corrected chi connectivity index (χ2v) is 11.2. The maximum absolute atomic E-state index is 10.0. The minimum atomic E-state index is -0.535. The van der Waals surface area contributed by atoms with Gasteiger partial charge in [0.25, 0.3) is 0 Å². The molecule has 164 valence electrons. The summed E-state index contributed by atoms with van der Waals surface area (Å²) >= 11 is 0. The number of allylic oxidation sites excluding steroid dienone is 4. The molecule has 3 rings (SSSR count). The highest BCUT2D eigenvalue weighted by Crippen LogP contribution is 2.60. The Morgan fingerprint density at radius 2 is 1.97 bits per heavy atom. The third kappa shape index (κ3) is 5.44. The molecule has 3 fully saturated rings. The van der Waals surface area contributed by atoms with Crippen LogP contribution in [-0.2, 0) is 0 Å². The molecule has 0 aliphatic heterocycles. The molecule has 5 atom stereocenters. The zero-order valence-corrected chi connectivity index (χ0v) is 19.3. The molecule has 2 heteroatoms. The van der Waals surface area contributed by atoms with Crippen LogP contribution >= 0.6 is 0 Å². The quantitative estimate of drug-likeness (QED) is 0.481. The minimum Gasteiger partial charge on any atom is -0.393 e. The molecule has 3 aliphatic rings. The SMILES string of the molecule is C=C1CC[C@H](O)C/C1=C/C=C1\CCC[C@@]2(C)C1CCC2[C@H](C)C[13CH2][13CH2][13C]([13CH3])([13CH3])O. The molecule has 2 unspecified atom stereocenters. The van der Waals surface area contributed by atoms with Crippen LogP contribution in [0.5, 0.6) is 0 Å². The van der Waals surface area contributed by atoms with Gasteiger partial charge in [-0.05, 0) is 100 Å². The molecule has 2 nitrogen and oxygen atoms in total. The molecule has 2 N–H and O–H groups in total. The van der Waals surface area contributed by atoms with Crippen LogP contribution in [0.2, 0.25) is 0 Å². The first-order chi connectivity index (χ1) is 13.6. The maximum atomic E-state index is 10.0. The second-order valence-electron chi connectivity index (χ2n) is 11.2. The van der Waals surface area contributed by atoms with Crippen molar-refractivity contribution in [2.45, 2.75) is 110 Å². The summed E-state index contributed by atoms with van der Waals surface area (Å²) in [6, 6.07) is 0. The van der Waals surface area contributed by atoms with Gasteiger partial charge in [-0.2, -0.15) is 0 Å². The normalized spacial score (nSPS) is 37.2. The Balaban J connectivity index is 1.68. The van der Waals surface area contributed by atoms with E-state index in [2.05, 4.69) is 32.6 Å². The smallest absolute Gasteiger partial charge is 0.0591 e. The summed E-state index contributed by atoms with van der Waals surface area (Å²) in [4.78, 5) is 0. The molecule has 0 heterocycles. The number of fused-ring (bicyclic) bond motifs is 1. The van der Waals surface area contributed by atoms with Crippen molar-refractivity contribution in [2.75, 3.05) is 0 Å². The Bertz CT molecular complexity index is 650. The minimum absolute atomic E-state index is 0.192. The predicted molar refractivity (Wildman–Crippen MR) is 123 cm³/mol. The fourth-order valence-electron chi connectivity index (χ4n) is 6.67. The van der Waals surface area contributed by atoms with Crippen molar-refractivity contribution in [3.63, 3.8) is 0 Å². The molecule has 0 saturated heterocycles. The lowest BCUT2D eigenvalue weighted by molar-refractivity contribution is 0.0596. The third-order valence-electron chi connectivity index (χ3n) is 8.36. The van der Waals surface area contributed by atoms with Crippen molar-refractivity contribution in [3.05, 3.63) is 35.5 Å².